The maximum Gasteiger partial charge on any atom is 0.303 e. The molecule has 0 radical (unpaired) electrons. The summed E-state index contributed by atoms with van der Waals surface area (Å²) in [5, 5.41) is -0.000847. The van der Waals surface area contributed by atoms with Gasteiger partial charge in [0.2, 0.25) is 0 Å². The second kappa shape index (κ2) is 8.44. The van der Waals surface area contributed by atoms with E-state index in [-0.39, 0.29) is 22.9 Å². The van der Waals surface area contributed by atoms with Crippen LogP contribution in [-0.4, -0.2) is 64.1 Å². The highest BCUT2D eigenvalue weighted by atomic mass is 32.2. The lowest BCUT2D eigenvalue weighted by molar-refractivity contribution is -0.155. The van der Waals surface area contributed by atoms with Crippen LogP contribution in [0.3, 0.4) is 0 Å². The van der Waals surface area contributed by atoms with E-state index in [4.69, 9.17) is 19.6 Å². The summed E-state index contributed by atoms with van der Waals surface area (Å²) in [4.78, 5) is 24.7. The zero-order chi connectivity index (χ0) is 22.3. The third-order valence-corrected chi connectivity index (χ3v) is 11.0. The van der Waals surface area contributed by atoms with Gasteiger partial charge in [0.1, 0.15) is 17.9 Å². The van der Waals surface area contributed by atoms with Crippen LogP contribution in [0.4, 0.5) is 5.82 Å². The summed E-state index contributed by atoms with van der Waals surface area (Å²) in [7, 11) is -2.16. The number of hydrogen-bond donors (Lipinski definition) is 1. The Kier molecular flexibility index (Phi) is 6.47. The van der Waals surface area contributed by atoms with Gasteiger partial charge in [0.05, 0.1) is 12.4 Å². The lowest BCUT2D eigenvalue weighted by atomic mass is 10.1. The Balaban J connectivity index is 2.04. The number of anilines is 1. The number of carbonyl (C=O) groups is 1. The van der Waals surface area contributed by atoms with Crippen LogP contribution < -0.4 is 5.73 Å². The largest absolute Gasteiger partial charge is 0.455 e. The molecule has 1 aliphatic heterocycles. The second-order valence-corrected chi connectivity index (χ2v) is 14.7. The lowest BCUT2D eigenvalue weighted by Crippen LogP contribution is -2.50. The zero-order valence-electron chi connectivity index (χ0n) is 18.6. The van der Waals surface area contributed by atoms with E-state index in [1.807, 2.05) is 6.26 Å². The molecule has 2 aromatic rings. The molecule has 0 bridgehead atoms. The molecule has 2 aromatic heterocycles. The lowest BCUT2D eigenvalue weighted by Gasteiger charge is -2.40. The van der Waals surface area contributed by atoms with E-state index in [0.29, 0.717) is 16.9 Å². The Morgan fingerprint density at radius 1 is 1.30 bits per heavy atom. The highest BCUT2D eigenvalue weighted by molar-refractivity contribution is 7.98. The highest BCUT2D eigenvalue weighted by Gasteiger charge is 2.52. The van der Waals surface area contributed by atoms with Gasteiger partial charge < -0.3 is 19.6 Å². The number of carbonyl (C=O) groups excluding carboxylic acids is 1. The van der Waals surface area contributed by atoms with Gasteiger partial charge in [0.25, 0.3) is 0 Å². The highest BCUT2D eigenvalue weighted by Crippen LogP contribution is 2.43. The van der Waals surface area contributed by atoms with Crippen LogP contribution in [0.5, 0.6) is 0 Å². The number of nitrogen functional groups attached to an aromatic ring is 1. The van der Waals surface area contributed by atoms with E-state index >= 15 is 0 Å². The first-order valence-corrected chi connectivity index (χ1v) is 14.2. The number of nitrogens with zero attached hydrogens (tertiary/aromatic N) is 4. The summed E-state index contributed by atoms with van der Waals surface area (Å²) in [6.07, 6.45) is 3.09. The molecule has 30 heavy (non-hydrogen) atoms. The monoisotopic (exact) mass is 453 g/mol. The van der Waals surface area contributed by atoms with Gasteiger partial charge in [-0.2, -0.15) is 11.8 Å². The van der Waals surface area contributed by atoms with Crippen molar-refractivity contribution in [2.45, 2.75) is 70.4 Å². The Hall–Kier alpha value is -1.69. The minimum atomic E-state index is -2.16. The molecule has 1 saturated heterocycles. The summed E-state index contributed by atoms with van der Waals surface area (Å²) in [5.41, 5.74) is 6.95. The van der Waals surface area contributed by atoms with Crippen LogP contribution in [0.15, 0.2) is 12.7 Å². The van der Waals surface area contributed by atoms with Gasteiger partial charge in [-0.3, -0.25) is 9.36 Å². The summed E-state index contributed by atoms with van der Waals surface area (Å²) in [6.45, 7) is 12.3. The Morgan fingerprint density at radius 2 is 2.00 bits per heavy atom. The van der Waals surface area contributed by atoms with E-state index < -0.39 is 26.8 Å². The molecule has 9 nitrogen and oxygen atoms in total. The Morgan fingerprint density at radius 3 is 2.60 bits per heavy atom. The van der Waals surface area contributed by atoms with Gasteiger partial charge >= 0.3 is 5.97 Å². The Bertz CT molecular complexity index is 916. The molecule has 4 atom stereocenters. The van der Waals surface area contributed by atoms with Gasteiger partial charge in [-0.15, -0.1) is 0 Å². The van der Waals surface area contributed by atoms with Crippen LogP contribution >= 0.6 is 11.8 Å². The van der Waals surface area contributed by atoms with E-state index in [1.165, 1.54) is 13.3 Å². The third kappa shape index (κ3) is 4.34. The van der Waals surface area contributed by atoms with Crippen molar-refractivity contribution in [3.05, 3.63) is 12.7 Å². The number of fused-ring (bicyclic) bond motifs is 1. The predicted octanol–water partition coefficient (Wildman–Crippen LogP) is 2.99. The van der Waals surface area contributed by atoms with Crippen molar-refractivity contribution in [1.29, 1.82) is 0 Å². The molecule has 0 spiro atoms. The number of ether oxygens (including phenoxy) is 2. The minimum absolute atomic E-state index is 0.000847. The Labute approximate surface area is 182 Å². The maximum atomic E-state index is 12.0. The van der Waals surface area contributed by atoms with Gasteiger partial charge in [0.15, 0.2) is 32.1 Å². The smallest absolute Gasteiger partial charge is 0.303 e. The van der Waals surface area contributed by atoms with Crippen molar-refractivity contribution in [3.8, 4) is 0 Å². The molecular weight excluding hydrogens is 422 g/mol. The average molecular weight is 454 g/mol. The fraction of sp³-hybridized carbons (Fsp3) is 0.684. The molecule has 1 aliphatic rings. The van der Waals surface area contributed by atoms with Crippen molar-refractivity contribution in [2.75, 3.05) is 17.7 Å². The number of thioether (sulfide) groups is 1. The van der Waals surface area contributed by atoms with Crippen LogP contribution in [0.25, 0.3) is 11.2 Å². The molecule has 11 heteroatoms. The van der Waals surface area contributed by atoms with Gasteiger partial charge in [0, 0.05) is 12.7 Å². The van der Waals surface area contributed by atoms with Gasteiger partial charge in [-0.1, -0.05) is 20.8 Å². The number of rotatable bonds is 6. The molecule has 3 heterocycles. The van der Waals surface area contributed by atoms with Crippen LogP contribution in [0, 0.1) is 0 Å². The summed E-state index contributed by atoms with van der Waals surface area (Å²) >= 11 is 1.66. The average Bonchev–Trinajstić information content (AvgIpc) is 3.18. The molecule has 166 valence electrons. The SMILES string of the molecule is CSC[C@H]1O[C@@H](n2cnc3c(N)ncnc32)[C@H](OC(C)=O)[C@@H]1O[Si](C)(C)C(C)(C)C. The maximum absolute atomic E-state index is 12.0. The number of esters is 1. The normalized spacial score (nSPS) is 25.0. The van der Waals surface area contributed by atoms with Crippen molar-refractivity contribution >= 4 is 43.0 Å². The molecule has 0 unspecified atom stereocenters. The van der Waals surface area contributed by atoms with Crippen LogP contribution in [0.1, 0.15) is 33.9 Å². The van der Waals surface area contributed by atoms with E-state index in [1.54, 1.807) is 22.7 Å². The third-order valence-electron chi connectivity index (χ3n) is 5.82. The number of nitrogens with two attached hydrogens (primary N) is 1. The zero-order valence-corrected chi connectivity index (χ0v) is 20.4. The fourth-order valence-corrected chi connectivity index (χ4v) is 5.18. The molecular formula is C19H31N5O4SSi. The molecule has 0 saturated carbocycles. The molecule has 0 aliphatic carbocycles. The van der Waals surface area contributed by atoms with Crippen LogP contribution in [-0.2, 0) is 18.7 Å². The van der Waals surface area contributed by atoms with Gasteiger partial charge in [-0.25, -0.2) is 15.0 Å². The van der Waals surface area contributed by atoms with Crippen molar-refractivity contribution in [3.63, 3.8) is 0 Å². The van der Waals surface area contributed by atoms with Gasteiger partial charge in [-0.05, 0) is 24.4 Å². The number of imidazole rings is 1. The summed E-state index contributed by atoms with van der Waals surface area (Å²) < 4.78 is 20.7. The topological polar surface area (TPSA) is 114 Å². The van der Waals surface area contributed by atoms with Crippen molar-refractivity contribution in [2.24, 2.45) is 0 Å². The predicted molar refractivity (Wildman–Crippen MR) is 120 cm³/mol. The van der Waals surface area contributed by atoms with Crippen molar-refractivity contribution < 1.29 is 18.7 Å². The number of aromatic nitrogens is 4. The van der Waals surface area contributed by atoms with E-state index in [2.05, 4.69) is 48.8 Å². The minimum Gasteiger partial charge on any atom is -0.455 e. The second-order valence-electron chi connectivity index (χ2n) is 9.02. The first-order valence-electron chi connectivity index (χ1n) is 9.88. The quantitative estimate of drug-likeness (QED) is 0.520. The summed E-state index contributed by atoms with van der Waals surface area (Å²) in [6, 6.07) is 0. The molecule has 2 N–H and O–H groups in total. The number of hydrogen-bond acceptors (Lipinski definition) is 9. The van der Waals surface area contributed by atoms with E-state index in [0.717, 1.165) is 0 Å². The first-order chi connectivity index (χ1) is 14.0. The first kappa shape index (κ1) is 23.0. The van der Waals surface area contributed by atoms with Crippen LogP contribution in [0.2, 0.25) is 18.1 Å². The van der Waals surface area contributed by atoms with E-state index in [9.17, 15) is 4.79 Å². The molecule has 0 aromatic carbocycles. The summed E-state index contributed by atoms with van der Waals surface area (Å²) in [5.74, 6) is 0.605. The standard InChI is InChI=1S/C19H31N5O4SSi/c1-11(25)26-15-14(28-30(6,7)19(2,3)4)12(8-29-5)27-18(15)24-10-23-13-16(20)21-9-22-17(13)24/h9-10,12,14-15,18H,8H2,1-7H3,(H2,20,21,22)/t12-,14-,15-,18-/m1/s1. The molecule has 0 amide bonds. The fourth-order valence-electron chi connectivity index (χ4n) is 3.26. The molecule has 3 rings (SSSR count). The molecule has 1 fully saturated rings. The van der Waals surface area contributed by atoms with Crippen molar-refractivity contribution in [1.82, 2.24) is 19.5 Å².